The van der Waals surface area contributed by atoms with Gasteiger partial charge in [0.2, 0.25) is 0 Å². The number of carboxylic acids is 1. The van der Waals surface area contributed by atoms with Crippen LogP contribution in [0.25, 0.3) is 6.08 Å². The second-order valence-electron chi connectivity index (χ2n) is 10.6. The van der Waals surface area contributed by atoms with Crippen molar-refractivity contribution in [1.82, 2.24) is 9.80 Å². The maximum atomic E-state index is 10.1. The largest absolute Gasteiger partial charge is 0.481 e. The van der Waals surface area contributed by atoms with E-state index in [4.69, 9.17) is 5.11 Å². The normalized spacial score (nSPS) is 14.2. The van der Waals surface area contributed by atoms with Crippen molar-refractivity contribution in [3.05, 3.63) is 114 Å². The van der Waals surface area contributed by atoms with Crippen LogP contribution in [0.1, 0.15) is 81.0 Å². The third kappa shape index (κ3) is 11.9. The van der Waals surface area contributed by atoms with Crippen molar-refractivity contribution in [2.24, 2.45) is 0 Å². The van der Waals surface area contributed by atoms with Gasteiger partial charge in [-0.05, 0) is 23.1 Å². The highest BCUT2D eigenvalue weighted by atomic mass is 16.4. The van der Waals surface area contributed by atoms with Gasteiger partial charge >= 0.3 is 5.97 Å². The molecule has 1 N–H and O–H groups in total. The Morgan fingerprint density at radius 1 is 0.725 bits per heavy atom. The van der Waals surface area contributed by atoms with Gasteiger partial charge in [0.25, 0.3) is 0 Å². The van der Waals surface area contributed by atoms with E-state index < -0.39 is 5.97 Å². The molecule has 0 bridgehead atoms. The molecule has 1 saturated heterocycles. The number of carbonyl (C=O) groups is 1. The highest BCUT2D eigenvalue weighted by Crippen LogP contribution is 2.29. The lowest BCUT2D eigenvalue weighted by molar-refractivity contribution is -0.137. The van der Waals surface area contributed by atoms with E-state index in [0.717, 1.165) is 45.6 Å². The molecular formula is C36H48N2O2. The summed E-state index contributed by atoms with van der Waals surface area (Å²) < 4.78 is 0. The maximum Gasteiger partial charge on any atom is 0.303 e. The minimum atomic E-state index is -0.663. The molecule has 1 fully saturated rings. The number of rotatable bonds is 14. The maximum absolute atomic E-state index is 10.1. The molecule has 3 aromatic rings. The number of unbranched alkanes of at least 4 members (excludes halogenated alkanes) is 6. The van der Waals surface area contributed by atoms with Crippen LogP contribution in [0.3, 0.4) is 0 Å². The Hall–Kier alpha value is -3.21. The summed E-state index contributed by atoms with van der Waals surface area (Å²) in [6.45, 7) is 7.61. The monoisotopic (exact) mass is 540 g/mol. The van der Waals surface area contributed by atoms with Gasteiger partial charge in [-0.15, -0.1) is 0 Å². The number of hydrogen-bond acceptors (Lipinski definition) is 3. The molecule has 4 heteroatoms. The Balaban J connectivity index is 0.000000312. The van der Waals surface area contributed by atoms with E-state index in [9.17, 15) is 4.79 Å². The summed E-state index contributed by atoms with van der Waals surface area (Å²) in [7, 11) is 0. The molecule has 0 aromatic heterocycles. The molecule has 0 atom stereocenters. The molecule has 0 saturated carbocycles. The second-order valence-corrected chi connectivity index (χ2v) is 10.6. The summed E-state index contributed by atoms with van der Waals surface area (Å²) in [5.74, 6) is -0.663. The Morgan fingerprint density at radius 2 is 1.23 bits per heavy atom. The summed E-state index contributed by atoms with van der Waals surface area (Å²) in [5, 5.41) is 8.35. The van der Waals surface area contributed by atoms with E-state index in [2.05, 4.69) is 120 Å². The van der Waals surface area contributed by atoms with E-state index in [0.29, 0.717) is 12.5 Å². The molecular weight excluding hydrogens is 492 g/mol. The first-order chi connectivity index (χ1) is 19.7. The second kappa shape index (κ2) is 19.0. The molecule has 3 aromatic carbocycles. The summed E-state index contributed by atoms with van der Waals surface area (Å²) in [5.41, 5.74) is 4.03. The van der Waals surface area contributed by atoms with Crippen molar-refractivity contribution in [2.45, 2.75) is 64.3 Å². The summed E-state index contributed by atoms with van der Waals surface area (Å²) in [4.78, 5) is 15.3. The molecule has 0 amide bonds. The predicted octanol–water partition coefficient (Wildman–Crippen LogP) is 8.32. The van der Waals surface area contributed by atoms with Crippen molar-refractivity contribution in [2.75, 3.05) is 32.7 Å². The number of benzene rings is 3. The lowest BCUT2D eigenvalue weighted by atomic mass is 9.96. The Labute approximate surface area is 242 Å². The number of piperazine rings is 1. The van der Waals surface area contributed by atoms with Crippen LogP contribution in [0.15, 0.2) is 97.1 Å². The van der Waals surface area contributed by atoms with Gasteiger partial charge in [-0.1, -0.05) is 149 Å². The number of nitrogens with zero attached hydrogens (tertiary/aromatic N) is 2. The highest BCUT2D eigenvalue weighted by Gasteiger charge is 2.25. The van der Waals surface area contributed by atoms with Gasteiger partial charge < -0.3 is 5.11 Å². The van der Waals surface area contributed by atoms with Gasteiger partial charge in [0.1, 0.15) is 0 Å². The van der Waals surface area contributed by atoms with Gasteiger partial charge in [0, 0.05) is 39.1 Å². The lowest BCUT2D eigenvalue weighted by Crippen LogP contribution is -2.47. The zero-order chi connectivity index (χ0) is 28.3. The average Bonchev–Trinajstić information content (AvgIpc) is 3.00. The van der Waals surface area contributed by atoms with E-state index in [1.165, 1.54) is 48.8 Å². The summed E-state index contributed by atoms with van der Waals surface area (Å²) >= 11 is 0. The molecule has 0 unspecified atom stereocenters. The summed E-state index contributed by atoms with van der Waals surface area (Å²) in [6, 6.07) is 32.7. The minimum Gasteiger partial charge on any atom is -0.481 e. The lowest BCUT2D eigenvalue weighted by Gasteiger charge is -2.39. The van der Waals surface area contributed by atoms with Crippen LogP contribution in [0.4, 0.5) is 0 Å². The van der Waals surface area contributed by atoms with Crippen LogP contribution in [0, 0.1) is 0 Å². The predicted molar refractivity (Wildman–Crippen MR) is 168 cm³/mol. The summed E-state index contributed by atoms with van der Waals surface area (Å²) in [6.07, 6.45) is 13.2. The van der Waals surface area contributed by atoms with Crippen LogP contribution >= 0.6 is 0 Å². The Kier molecular flexibility index (Phi) is 14.9. The first-order valence-corrected chi connectivity index (χ1v) is 15.2. The molecule has 40 heavy (non-hydrogen) atoms. The van der Waals surface area contributed by atoms with Crippen molar-refractivity contribution >= 4 is 12.0 Å². The fraction of sp³-hybridized carbons (Fsp3) is 0.417. The molecule has 0 aliphatic carbocycles. The van der Waals surface area contributed by atoms with Crippen LogP contribution in [0.5, 0.6) is 0 Å². The Morgan fingerprint density at radius 3 is 1.75 bits per heavy atom. The Bertz CT molecular complexity index is 1040. The zero-order valence-corrected chi connectivity index (χ0v) is 24.3. The average molecular weight is 541 g/mol. The fourth-order valence-electron chi connectivity index (χ4n) is 5.22. The fourth-order valence-corrected chi connectivity index (χ4v) is 5.22. The first-order valence-electron chi connectivity index (χ1n) is 15.2. The van der Waals surface area contributed by atoms with Crippen LogP contribution < -0.4 is 0 Å². The van der Waals surface area contributed by atoms with Crippen molar-refractivity contribution < 1.29 is 9.90 Å². The quantitative estimate of drug-likeness (QED) is 0.209. The van der Waals surface area contributed by atoms with Gasteiger partial charge in [-0.2, -0.15) is 0 Å². The molecule has 1 aliphatic rings. The van der Waals surface area contributed by atoms with Crippen molar-refractivity contribution in [1.29, 1.82) is 0 Å². The molecule has 1 heterocycles. The third-order valence-electron chi connectivity index (χ3n) is 7.47. The first kappa shape index (κ1) is 31.3. The van der Waals surface area contributed by atoms with E-state index >= 15 is 0 Å². The third-order valence-corrected chi connectivity index (χ3v) is 7.47. The standard InChI is InChI=1S/C26H28N2.C10H20O2/c1-4-11-23(12-5-1)13-10-18-27-19-21-28(22-20-27)26(24-14-6-2-7-15-24)25-16-8-3-9-17-25;1-2-3-4-5-6-7-8-9-10(11)12/h1-17,26H,18-22H2;2-9H2,1H3,(H,11,12)/b13-10+;. The molecule has 214 valence electrons. The van der Waals surface area contributed by atoms with Gasteiger partial charge in [-0.3, -0.25) is 14.6 Å². The number of hydrogen-bond donors (Lipinski definition) is 1. The van der Waals surface area contributed by atoms with E-state index in [1.807, 2.05) is 0 Å². The van der Waals surface area contributed by atoms with Gasteiger partial charge in [0.15, 0.2) is 0 Å². The molecule has 0 spiro atoms. The van der Waals surface area contributed by atoms with E-state index in [1.54, 1.807) is 0 Å². The molecule has 4 nitrogen and oxygen atoms in total. The zero-order valence-electron chi connectivity index (χ0n) is 24.3. The molecule has 4 rings (SSSR count). The SMILES string of the molecule is C(=C\c1ccccc1)/CN1CCN(C(c2ccccc2)c2ccccc2)CC1.CCCCCCCCCC(=O)O. The molecule has 0 radical (unpaired) electrons. The number of carboxylic acid groups (broad SMARTS) is 1. The van der Waals surface area contributed by atoms with Crippen LogP contribution in [0.2, 0.25) is 0 Å². The topological polar surface area (TPSA) is 43.8 Å². The highest BCUT2D eigenvalue weighted by molar-refractivity contribution is 5.66. The van der Waals surface area contributed by atoms with Gasteiger partial charge in [-0.25, -0.2) is 0 Å². The van der Waals surface area contributed by atoms with Crippen molar-refractivity contribution in [3.8, 4) is 0 Å². The van der Waals surface area contributed by atoms with Crippen LogP contribution in [-0.4, -0.2) is 53.6 Å². The van der Waals surface area contributed by atoms with Crippen LogP contribution in [-0.2, 0) is 4.79 Å². The van der Waals surface area contributed by atoms with E-state index in [-0.39, 0.29) is 0 Å². The van der Waals surface area contributed by atoms with Gasteiger partial charge in [0.05, 0.1) is 6.04 Å². The van der Waals surface area contributed by atoms with Crippen molar-refractivity contribution in [3.63, 3.8) is 0 Å². The molecule has 1 aliphatic heterocycles. The smallest absolute Gasteiger partial charge is 0.303 e. The minimum absolute atomic E-state index is 0.337. The number of aliphatic carboxylic acids is 1.